The quantitative estimate of drug-likeness (QED) is 0.159. The maximum atomic E-state index is 6.63. The van der Waals surface area contributed by atoms with Crippen molar-refractivity contribution in [2.75, 3.05) is 4.90 Å². The molecular weight excluding hydrogens is 843 g/mol. The third-order valence-corrected chi connectivity index (χ3v) is 15.6. The Bertz CT molecular complexity index is 4030. The zero-order valence-electron chi connectivity index (χ0n) is 36.9. The van der Waals surface area contributed by atoms with Gasteiger partial charge in [-0.25, -0.2) is 0 Å². The molecule has 0 unspecified atom stereocenters. The molecule has 318 valence electrons. The Morgan fingerprint density at radius 1 is 0.382 bits per heavy atom. The second kappa shape index (κ2) is 15.3. The predicted octanol–water partition coefficient (Wildman–Crippen LogP) is 18.3. The topological polar surface area (TPSA) is 16.4 Å². The SMILES string of the molecule is c1ccc(C2(c3ccccc3)c3ccccc3-c3c(N(c4ccc(-c5cccc6c5sc5ccccc56)cc4)c4ccc(-c5cccc6oc7c8ccccc8ccc7c56)cc4)cccc32)cc1. The highest BCUT2D eigenvalue weighted by atomic mass is 32.1. The second-order valence-electron chi connectivity index (χ2n) is 17.9. The van der Waals surface area contributed by atoms with Crippen molar-refractivity contribution in [3.05, 3.63) is 271 Å². The van der Waals surface area contributed by atoms with Crippen LogP contribution in [0, 0.1) is 0 Å². The van der Waals surface area contributed by atoms with Crippen LogP contribution in [0.1, 0.15) is 22.3 Å². The maximum absolute atomic E-state index is 6.63. The van der Waals surface area contributed by atoms with E-state index in [0.717, 1.165) is 55.5 Å². The van der Waals surface area contributed by atoms with Crippen molar-refractivity contribution in [2.45, 2.75) is 5.41 Å². The fraction of sp³-hybridized carbons (Fsp3) is 0.0154. The van der Waals surface area contributed by atoms with Gasteiger partial charge in [-0.3, -0.25) is 0 Å². The van der Waals surface area contributed by atoms with Crippen molar-refractivity contribution in [1.82, 2.24) is 0 Å². The number of rotatable bonds is 7. The minimum Gasteiger partial charge on any atom is -0.455 e. The van der Waals surface area contributed by atoms with Gasteiger partial charge < -0.3 is 9.32 Å². The lowest BCUT2D eigenvalue weighted by molar-refractivity contribution is 0.673. The molecule has 0 spiro atoms. The van der Waals surface area contributed by atoms with E-state index in [4.69, 9.17) is 4.42 Å². The lowest BCUT2D eigenvalue weighted by Crippen LogP contribution is -2.28. The Hall–Kier alpha value is -8.50. The van der Waals surface area contributed by atoms with Gasteiger partial charge in [0.25, 0.3) is 0 Å². The van der Waals surface area contributed by atoms with Gasteiger partial charge in [0.05, 0.1) is 11.1 Å². The molecule has 0 bridgehead atoms. The summed E-state index contributed by atoms with van der Waals surface area (Å²) >= 11 is 1.88. The predicted molar refractivity (Wildman–Crippen MR) is 287 cm³/mol. The van der Waals surface area contributed by atoms with Crippen LogP contribution in [-0.4, -0.2) is 0 Å². The van der Waals surface area contributed by atoms with E-state index in [1.54, 1.807) is 0 Å². The number of hydrogen-bond donors (Lipinski definition) is 0. The smallest absolute Gasteiger partial charge is 0.143 e. The molecule has 13 aromatic rings. The molecule has 11 aromatic carbocycles. The van der Waals surface area contributed by atoms with Crippen LogP contribution >= 0.6 is 11.3 Å². The second-order valence-corrected chi connectivity index (χ2v) is 18.9. The third-order valence-electron chi connectivity index (χ3n) is 14.4. The summed E-state index contributed by atoms with van der Waals surface area (Å²) in [6.07, 6.45) is 0. The lowest BCUT2D eigenvalue weighted by Gasteiger charge is -2.34. The van der Waals surface area contributed by atoms with E-state index in [1.807, 2.05) is 11.3 Å². The number of anilines is 3. The first-order valence-electron chi connectivity index (χ1n) is 23.3. The number of fused-ring (bicyclic) bond motifs is 11. The highest BCUT2D eigenvalue weighted by Crippen LogP contribution is 2.59. The van der Waals surface area contributed by atoms with E-state index in [0.29, 0.717) is 0 Å². The third kappa shape index (κ3) is 5.70. The molecule has 14 rings (SSSR count). The standard InChI is InChI=1S/C65H41NOS/c1-3-17-45(18-4-1)65(46-19-5-2-6-20-46)56-27-11-9-23-54(56)62-57(65)28-15-29-58(62)66(48-39-34-44(35-40-48)51-25-13-26-53-52-22-10-12-31-60(52)68-64(51)53)47-37-32-43(33-38-47)49-24-14-30-59-61(49)55-41-36-42-16-7-8-21-50(42)63(55)67-59/h1-41H. The van der Waals surface area contributed by atoms with Gasteiger partial charge in [0.15, 0.2) is 0 Å². The minimum absolute atomic E-state index is 0.524. The van der Waals surface area contributed by atoms with Gasteiger partial charge in [-0.05, 0) is 104 Å². The zero-order valence-corrected chi connectivity index (χ0v) is 37.8. The fourth-order valence-corrected chi connectivity index (χ4v) is 12.7. The first-order valence-corrected chi connectivity index (χ1v) is 24.1. The molecule has 1 aliphatic rings. The van der Waals surface area contributed by atoms with E-state index in [2.05, 4.69) is 254 Å². The number of benzene rings is 11. The van der Waals surface area contributed by atoms with Crippen LogP contribution in [0.5, 0.6) is 0 Å². The highest BCUT2D eigenvalue weighted by Gasteiger charge is 2.47. The van der Waals surface area contributed by atoms with Gasteiger partial charge in [-0.15, -0.1) is 11.3 Å². The van der Waals surface area contributed by atoms with Gasteiger partial charge >= 0.3 is 0 Å². The molecule has 0 fully saturated rings. The largest absolute Gasteiger partial charge is 0.455 e. The molecule has 0 saturated heterocycles. The fourth-order valence-electron chi connectivity index (χ4n) is 11.4. The van der Waals surface area contributed by atoms with Crippen LogP contribution < -0.4 is 4.90 Å². The summed E-state index contributed by atoms with van der Waals surface area (Å²) < 4.78 is 9.26. The zero-order chi connectivity index (χ0) is 44.8. The molecule has 2 nitrogen and oxygen atoms in total. The molecule has 0 atom stereocenters. The number of furan rings is 1. The van der Waals surface area contributed by atoms with E-state index >= 15 is 0 Å². The van der Waals surface area contributed by atoms with Crippen LogP contribution in [0.3, 0.4) is 0 Å². The van der Waals surface area contributed by atoms with Gasteiger partial charge in [0, 0.05) is 53.3 Å². The van der Waals surface area contributed by atoms with Crippen molar-refractivity contribution in [3.8, 4) is 33.4 Å². The van der Waals surface area contributed by atoms with E-state index in [1.165, 1.54) is 70.1 Å². The highest BCUT2D eigenvalue weighted by molar-refractivity contribution is 7.26. The molecule has 2 aromatic heterocycles. The van der Waals surface area contributed by atoms with Crippen molar-refractivity contribution < 1.29 is 4.42 Å². The molecule has 2 heterocycles. The van der Waals surface area contributed by atoms with Crippen molar-refractivity contribution in [2.24, 2.45) is 0 Å². The van der Waals surface area contributed by atoms with Gasteiger partial charge in [-0.1, -0.05) is 200 Å². The van der Waals surface area contributed by atoms with Crippen LogP contribution in [-0.2, 0) is 5.41 Å². The molecule has 3 heteroatoms. The molecule has 68 heavy (non-hydrogen) atoms. The van der Waals surface area contributed by atoms with Crippen LogP contribution in [0.4, 0.5) is 17.1 Å². The lowest BCUT2D eigenvalue weighted by atomic mass is 9.68. The number of thiophene rings is 1. The van der Waals surface area contributed by atoms with Gasteiger partial charge in [-0.2, -0.15) is 0 Å². The number of nitrogens with zero attached hydrogens (tertiary/aromatic N) is 1. The average Bonchev–Trinajstić information content (AvgIpc) is 4.09. The summed E-state index contributed by atoms with van der Waals surface area (Å²) in [6.45, 7) is 0. The Balaban J connectivity index is 0.971. The van der Waals surface area contributed by atoms with Crippen LogP contribution in [0.25, 0.3) is 86.3 Å². The Morgan fingerprint density at radius 2 is 0.956 bits per heavy atom. The Kier molecular flexibility index (Phi) is 8.71. The molecule has 1 aliphatic carbocycles. The summed E-state index contributed by atoms with van der Waals surface area (Å²) in [5.74, 6) is 0. The Morgan fingerprint density at radius 3 is 1.72 bits per heavy atom. The van der Waals surface area contributed by atoms with E-state index in [9.17, 15) is 0 Å². The summed E-state index contributed by atoms with van der Waals surface area (Å²) in [4.78, 5) is 2.47. The molecule has 0 amide bonds. The molecule has 0 radical (unpaired) electrons. The van der Waals surface area contributed by atoms with Crippen LogP contribution in [0.15, 0.2) is 253 Å². The molecular formula is C65H41NOS. The number of hydrogen-bond acceptors (Lipinski definition) is 3. The first kappa shape index (κ1) is 38.7. The molecule has 0 saturated carbocycles. The Labute approximate surface area is 398 Å². The van der Waals surface area contributed by atoms with Gasteiger partial charge in [0.2, 0.25) is 0 Å². The molecule has 0 aliphatic heterocycles. The van der Waals surface area contributed by atoms with E-state index in [-0.39, 0.29) is 0 Å². The van der Waals surface area contributed by atoms with Gasteiger partial charge in [0.1, 0.15) is 11.2 Å². The monoisotopic (exact) mass is 883 g/mol. The van der Waals surface area contributed by atoms with Crippen LogP contribution in [0.2, 0.25) is 0 Å². The summed E-state index contributed by atoms with van der Waals surface area (Å²) in [5.41, 5.74) is 16.9. The molecule has 0 N–H and O–H groups in total. The first-order chi connectivity index (χ1) is 33.7. The minimum atomic E-state index is -0.524. The van der Waals surface area contributed by atoms with Crippen molar-refractivity contribution in [1.29, 1.82) is 0 Å². The van der Waals surface area contributed by atoms with E-state index < -0.39 is 5.41 Å². The summed E-state index contributed by atoms with van der Waals surface area (Å²) in [6, 6.07) is 91.3. The normalized spacial score (nSPS) is 12.8. The van der Waals surface area contributed by atoms with Crippen molar-refractivity contribution in [3.63, 3.8) is 0 Å². The average molecular weight is 884 g/mol. The van der Waals surface area contributed by atoms with Crippen molar-refractivity contribution >= 4 is 81.3 Å². The summed E-state index contributed by atoms with van der Waals surface area (Å²) in [5, 5.41) is 7.19. The maximum Gasteiger partial charge on any atom is 0.143 e. The summed E-state index contributed by atoms with van der Waals surface area (Å²) in [7, 11) is 0.